The SMILES string of the molecule is O=S1(=O)N=CN(c2cccc(Cl)c2)c2ncccc21. The Labute approximate surface area is 115 Å². The first-order chi connectivity index (χ1) is 9.08. The fourth-order valence-electron chi connectivity index (χ4n) is 1.80. The number of hydrogen-bond donors (Lipinski definition) is 0. The van der Waals surface area contributed by atoms with Crippen molar-refractivity contribution in [3.8, 4) is 0 Å². The van der Waals surface area contributed by atoms with Crippen LogP contribution >= 0.6 is 11.6 Å². The highest BCUT2D eigenvalue weighted by Crippen LogP contribution is 2.33. The number of anilines is 2. The van der Waals surface area contributed by atoms with E-state index in [9.17, 15) is 8.42 Å². The molecule has 1 aromatic heterocycles. The Morgan fingerprint density at radius 3 is 2.79 bits per heavy atom. The third-order valence-electron chi connectivity index (χ3n) is 2.64. The zero-order chi connectivity index (χ0) is 13.5. The van der Waals surface area contributed by atoms with Crippen molar-refractivity contribution < 1.29 is 8.42 Å². The second-order valence-electron chi connectivity index (χ2n) is 3.87. The van der Waals surface area contributed by atoms with Crippen LogP contribution in [-0.2, 0) is 10.0 Å². The van der Waals surface area contributed by atoms with Crippen molar-refractivity contribution in [2.24, 2.45) is 4.40 Å². The Kier molecular flexibility index (Phi) is 2.76. The molecule has 0 fully saturated rings. The zero-order valence-corrected chi connectivity index (χ0v) is 11.1. The predicted molar refractivity (Wildman–Crippen MR) is 73.5 cm³/mol. The Hall–Kier alpha value is -1.92. The van der Waals surface area contributed by atoms with E-state index in [1.54, 1.807) is 35.2 Å². The Morgan fingerprint density at radius 1 is 1.16 bits per heavy atom. The molecule has 2 aromatic rings. The molecule has 5 nitrogen and oxygen atoms in total. The molecule has 2 heterocycles. The smallest absolute Gasteiger partial charge is 0.283 e. The lowest BCUT2D eigenvalue weighted by atomic mass is 10.3. The standard InChI is InChI=1S/C12H8ClN3O2S/c13-9-3-1-4-10(7-9)16-8-15-19(17,18)11-5-2-6-14-12(11)16/h1-8H. The summed E-state index contributed by atoms with van der Waals surface area (Å²) < 4.78 is 27.2. The largest absolute Gasteiger partial charge is 0.287 e. The molecular weight excluding hydrogens is 286 g/mol. The summed E-state index contributed by atoms with van der Waals surface area (Å²) in [6, 6.07) is 10.1. The predicted octanol–water partition coefficient (Wildman–Crippen LogP) is 2.60. The maximum atomic E-state index is 11.8. The fraction of sp³-hybridized carbons (Fsp3) is 0. The number of aromatic nitrogens is 1. The first-order valence-corrected chi connectivity index (χ1v) is 7.20. The number of pyridine rings is 1. The van der Waals surface area contributed by atoms with Crippen LogP contribution in [0, 0.1) is 0 Å². The molecule has 7 heteroatoms. The third kappa shape index (κ3) is 2.09. The van der Waals surface area contributed by atoms with Crippen molar-refractivity contribution in [2.45, 2.75) is 4.90 Å². The minimum atomic E-state index is -3.66. The van der Waals surface area contributed by atoms with E-state index >= 15 is 0 Å². The molecule has 0 N–H and O–H groups in total. The van der Waals surface area contributed by atoms with Gasteiger partial charge in [-0.15, -0.1) is 4.40 Å². The zero-order valence-electron chi connectivity index (χ0n) is 9.56. The van der Waals surface area contributed by atoms with Gasteiger partial charge in [0.25, 0.3) is 10.0 Å². The number of halogens is 1. The average Bonchev–Trinajstić information content (AvgIpc) is 2.39. The van der Waals surface area contributed by atoms with Gasteiger partial charge >= 0.3 is 0 Å². The number of nitrogens with zero attached hydrogens (tertiary/aromatic N) is 3. The first-order valence-electron chi connectivity index (χ1n) is 5.38. The Balaban J connectivity index is 2.21. The summed E-state index contributed by atoms with van der Waals surface area (Å²) in [4.78, 5) is 5.78. The molecule has 3 rings (SSSR count). The number of benzene rings is 1. The van der Waals surface area contributed by atoms with E-state index in [2.05, 4.69) is 9.38 Å². The van der Waals surface area contributed by atoms with Crippen molar-refractivity contribution in [3.63, 3.8) is 0 Å². The van der Waals surface area contributed by atoms with Gasteiger partial charge < -0.3 is 0 Å². The van der Waals surface area contributed by atoms with E-state index < -0.39 is 10.0 Å². The lowest BCUT2D eigenvalue weighted by Crippen LogP contribution is -2.23. The van der Waals surface area contributed by atoms with Gasteiger partial charge in [0.2, 0.25) is 0 Å². The van der Waals surface area contributed by atoms with Crippen molar-refractivity contribution in [2.75, 3.05) is 4.90 Å². The molecule has 19 heavy (non-hydrogen) atoms. The van der Waals surface area contributed by atoms with E-state index in [0.29, 0.717) is 16.5 Å². The van der Waals surface area contributed by atoms with Crippen LogP contribution in [0.4, 0.5) is 11.5 Å². The molecule has 0 saturated carbocycles. The summed E-state index contributed by atoms with van der Waals surface area (Å²) in [6.07, 6.45) is 2.77. The summed E-state index contributed by atoms with van der Waals surface area (Å²) in [5.74, 6) is 0.319. The van der Waals surface area contributed by atoms with Crippen LogP contribution in [0.3, 0.4) is 0 Å². The molecule has 0 amide bonds. The van der Waals surface area contributed by atoms with E-state index in [1.807, 2.05) is 0 Å². The van der Waals surface area contributed by atoms with E-state index in [0.717, 1.165) is 0 Å². The maximum Gasteiger partial charge on any atom is 0.287 e. The molecule has 0 saturated heterocycles. The Morgan fingerprint density at radius 2 is 2.00 bits per heavy atom. The lowest BCUT2D eigenvalue weighted by Gasteiger charge is -2.23. The number of fused-ring (bicyclic) bond motifs is 1. The highest BCUT2D eigenvalue weighted by atomic mass is 35.5. The highest BCUT2D eigenvalue weighted by Gasteiger charge is 2.27. The molecule has 96 valence electrons. The van der Waals surface area contributed by atoms with Crippen LogP contribution in [0.15, 0.2) is 51.9 Å². The van der Waals surface area contributed by atoms with Crippen molar-refractivity contribution in [1.29, 1.82) is 0 Å². The molecule has 0 radical (unpaired) electrons. The fourth-order valence-corrected chi connectivity index (χ4v) is 2.95. The van der Waals surface area contributed by atoms with Gasteiger partial charge in [0.1, 0.15) is 11.2 Å². The second kappa shape index (κ2) is 4.32. The highest BCUT2D eigenvalue weighted by molar-refractivity contribution is 7.90. The van der Waals surface area contributed by atoms with Gasteiger partial charge in [0.05, 0.1) is 5.69 Å². The van der Waals surface area contributed by atoms with E-state index in [1.165, 1.54) is 18.6 Å². The molecular formula is C12H8ClN3O2S. The van der Waals surface area contributed by atoms with Crippen molar-refractivity contribution in [1.82, 2.24) is 4.98 Å². The average molecular weight is 294 g/mol. The van der Waals surface area contributed by atoms with Gasteiger partial charge in [-0.2, -0.15) is 8.42 Å². The van der Waals surface area contributed by atoms with Gasteiger partial charge in [-0.1, -0.05) is 17.7 Å². The van der Waals surface area contributed by atoms with Crippen molar-refractivity contribution >= 4 is 39.5 Å². The quantitative estimate of drug-likeness (QED) is 0.811. The molecule has 1 aliphatic heterocycles. The molecule has 1 aliphatic rings. The topological polar surface area (TPSA) is 62.6 Å². The van der Waals surface area contributed by atoms with Crippen LogP contribution in [-0.4, -0.2) is 19.7 Å². The molecule has 0 bridgehead atoms. The minimum Gasteiger partial charge on any atom is -0.283 e. The number of sulfonamides is 1. The summed E-state index contributed by atoms with van der Waals surface area (Å²) in [6.45, 7) is 0. The van der Waals surface area contributed by atoms with E-state index in [4.69, 9.17) is 11.6 Å². The van der Waals surface area contributed by atoms with Crippen LogP contribution in [0.25, 0.3) is 0 Å². The molecule has 0 spiro atoms. The van der Waals surface area contributed by atoms with Gasteiger partial charge in [0, 0.05) is 11.2 Å². The summed E-state index contributed by atoms with van der Waals surface area (Å²) >= 11 is 5.94. The van der Waals surface area contributed by atoms with Crippen LogP contribution in [0.5, 0.6) is 0 Å². The normalized spacial score (nSPS) is 16.2. The van der Waals surface area contributed by atoms with Gasteiger partial charge in [-0.3, -0.25) is 4.90 Å². The van der Waals surface area contributed by atoms with Crippen molar-refractivity contribution in [3.05, 3.63) is 47.6 Å². The van der Waals surface area contributed by atoms with Gasteiger partial charge in [0.15, 0.2) is 5.82 Å². The summed E-state index contributed by atoms with van der Waals surface area (Å²) in [5.41, 5.74) is 0.700. The number of hydrogen-bond acceptors (Lipinski definition) is 4. The lowest BCUT2D eigenvalue weighted by molar-refractivity contribution is 0.597. The van der Waals surface area contributed by atoms with Crippen LogP contribution in [0.1, 0.15) is 0 Å². The Bertz CT molecular complexity index is 774. The number of rotatable bonds is 1. The summed E-state index contributed by atoms with van der Waals surface area (Å²) in [7, 11) is -3.66. The molecule has 0 aliphatic carbocycles. The summed E-state index contributed by atoms with van der Waals surface area (Å²) in [5, 5.41) is 0.553. The second-order valence-corrected chi connectivity index (χ2v) is 5.91. The van der Waals surface area contributed by atoms with Gasteiger partial charge in [-0.25, -0.2) is 4.98 Å². The molecule has 0 unspecified atom stereocenters. The maximum absolute atomic E-state index is 11.8. The van der Waals surface area contributed by atoms with Crippen LogP contribution in [0.2, 0.25) is 5.02 Å². The first kappa shape index (κ1) is 12.1. The van der Waals surface area contributed by atoms with Crippen LogP contribution < -0.4 is 4.90 Å². The third-order valence-corrected chi connectivity index (χ3v) is 4.13. The minimum absolute atomic E-state index is 0.0810. The molecule has 0 atom stereocenters. The monoisotopic (exact) mass is 293 g/mol. The van der Waals surface area contributed by atoms with Gasteiger partial charge in [-0.05, 0) is 30.3 Å². The molecule has 1 aromatic carbocycles. The van der Waals surface area contributed by atoms with E-state index in [-0.39, 0.29) is 4.90 Å².